The number of rotatable bonds is 6. The Kier molecular flexibility index (Phi) is 3.91. The van der Waals surface area contributed by atoms with Crippen molar-refractivity contribution in [3.63, 3.8) is 0 Å². The summed E-state index contributed by atoms with van der Waals surface area (Å²) in [4.78, 5) is 11.7. The molecule has 4 N–H and O–H groups in total. The summed E-state index contributed by atoms with van der Waals surface area (Å²) in [6, 6.07) is 0.845. The molecule has 0 radical (unpaired) electrons. The highest BCUT2D eigenvalue weighted by atomic mass is 16.2. The van der Waals surface area contributed by atoms with Crippen molar-refractivity contribution in [3.8, 4) is 0 Å². The van der Waals surface area contributed by atoms with Gasteiger partial charge in [0.1, 0.15) is 6.54 Å². The van der Waals surface area contributed by atoms with E-state index in [4.69, 9.17) is 5.73 Å². The number of hydrogen-bond acceptors (Lipinski definition) is 4. The van der Waals surface area contributed by atoms with E-state index < -0.39 is 0 Å². The summed E-state index contributed by atoms with van der Waals surface area (Å²) in [6.07, 6.45) is 9.51. The number of anilines is 1. The number of nitrogens with zero attached hydrogens (tertiary/aromatic N) is 2. The monoisotopic (exact) mass is 277 g/mol. The molecule has 2 unspecified atom stereocenters. The predicted octanol–water partition coefficient (Wildman–Crippen LogP) is 0.701. The third-order valence-corrected chi connectivity index (χ3v) is 4.20. The molecule has 1 aromatic heterocycles. The Labute approximate surface area is 119 Å². The number of nitrogens with one attached hydrogen (secondary N) is 2. The van der Waals surface area contributed by atoms with E-state index in [0.29, 0.717) is 24.5 Å². The molecule has 2 fully saturated rings. The first kappa shape index (κ1) is 13.4. The molecule has 0 aliphatic heterocycles. The third kappa shape index (κ3) is 3.30. The Hall–Kier alpha value is -1.56. The molecular formula is C14H23N5O. The van der Waals surface area contributed by atoms with E-state index in [1.54, 1.807) is 10.9 Å². The van der Waals surface area contributed by atoms with Crippen LogP contribution in [0.1, 0.15) is 32.1 Å². The fourth-order valence-corrected chi connectivity index (χ4v) is 2.90. The van der Waals surface area contributed by atoms with E-state index in [0.717, 1.165) is 31.5 Å². The molecule has 0 saturated heterocycles. The molecule has 110 valence electrons. The minimum Gasteiger partial charge on any atom is -0.379 e. The van der Waals surface area contributed by atoms with Crippen LogP contribution in [0, 0.1) is 5.92 Å². The zero-order valence-corrected chi connectivity index (χ0v) is 11.7. The van der Waals surface area contributed by atoms with Crippen LogP contribution in [0.15, 0.2) is 12.4 Å². The van der Waals surface area contributed by atoms with Gasteiger partial charge in [0, 0.05) is 18.3 Å². The lowest BCUT2D eigenvalue weighted by Gasteiger charge is -2.19. The lowest BCUT2D eigenvalue weighted by Crippen LogP contribution is -2.30. The Morgan fingerprint density at radius 1 is 1.40 bits per heavy atom. The molecule has 2 atom stereocenters. The predicted molar refractivity (Wildman–Crippen MR) is 77.2 cm³/mol. The first-order valence-corrected chi connectivity index (χ1v) is 7.53. The number of nitrogens with two attached hydrogens (primary N) is 1. The molecule has 6 nitrogen and oxygen atoms in total. The van der Waals surface area contributed by atoms with E-state index in [1.807, 2.05) is 6.20 Å². The van der Waals surface area contributed by atoms with E-state index in [-0.39, 0.29) is 5.91 Å². The molecular weight excluding hydrogens is 254 g/mol. The second-order valence-corrected chi connectivity index (χ2v) is 5.95. The van der Waals surface area contributed by atoms with Crippen LogP contribution in [0.3, 0.4) is 0 Å². The first-order chi connectivity index (χ1) is 9.74. The van der Waals surface area contributed by atoms with Crippen molar-refractivity contribution < 1.29 is 4.79 Å². The fourth-order valence-electron chi connectivity index (χ4n) is 2.90. The van der Waals surface area contributed by atoms with Gasteiger partial charge in [0.05, 0.1) is 11.9 Å². The van der Waals surface area contributed by atoms with E-state index in [9.17, 15) is 4.79 Å². The second-order valence-electron chi connectivity index (χ2n) is 5.95. The van der Waals surface area contributed by atoms with Gasteiger partial charge in [0.15, 0.2) is 0 Å². The summed E-state index contributed by atoms with van der Waals surface area (Å²) < 4.78 is 1.69. The van der Waals surface area contributed by atoms with Gasteiger partial charge in [-0.15, -0.1) is 0 Å². The summed E-state index contributed by atoms with van der Waals surface area (Å²) in [6.45, 7) is 1.03. The van der Waals surface area contributed by atoms with Crippen molar-refractivity contribution in [2.24, 2.45) is 11.7 Å². The van der Waals surface area contributed by atoms with Gasteiger partial charge in [-0.3, -0.25) is 9.48 Å². The van der Waals surface area contributed by atoms with Crippen LogP contribution >= 0.6 is 0 Å². The molecule has 0 aromatic carbocycles. The number of amides is 1. The Morgan fingerprint density at radius 3 is 3.00 bits per heavy atom. The maximum Gasteiger partial charge on any atom is 0.241 e. The maximum absolute atomic E-state index is 11.7. The standard InChI is InChI=1S/C14H23N5O/c15-6-10-2-1-3-13(10)17-12-7-16-19(8-12)9-14(20)18-11-4-5-11/h7-8,10-11,13,17H,1-6,9,15H2,(H,18,20). The summed E-state index contributed by atoms with van der Waals surface area (Å²) in [5.41, 5.74) is 6.77. The number of hydrogen-bond donors (Lipinski definition) is 3. The highest BCUT2D eigenvalue weighted by Crippen LogP contribution is 2.27. The molecule has 2 saturated carbocycles. The molecule has 2 aliphatic carbocycles. The third-order valence-electron chi connectivity index (χ3n) is 4.20. The lowest BCUT2D eigenvalue weighted by atomic mass is 10.0. The number of carbonyl (C=O) groups is 1. The average Bonchev–Trinajstić information content (AvgIpc) is 2.95. The second kappa shape index (κ2) is 5.83. The fraction of sp³-hybridized carbons (Fsp3) is 0.714. The van der Waals surface area contributed by atoms with Crippen molar-refractivity contribution in [2.45, 2.75) is 50.7 Å². The smallest absolute Gasteiger partial charge is 0.241 e. The highest BCUT2D eigenvalue weighted by molar-refractivity contribution is 5.76. The van der Waals surface area contributed by atoms with Crippen LogP contribution in [-0.4, -0.2) is 34.3 Å². The zero-order valence-electron chi connectivity index (χ0n) is 11.7. The first-order valence-electron chi connectivity index (χ1n) is 7.53. The van der Waals surface area contributed by atoms with E-state index in [1.165, 1.54) is 12.8 Å². The van der Waals surface area contributed by atoms with Gasteiger partial charge in [0.25, 0.3) is 0 Å². The highest BCUT2D eigenvalue weighted by Gasteiger charge is 2.26. The van der Waals surface area contributed by atoms with Crippen molar-refractivity contribution >= 4 is 11.6 Å². The van der Waals surface area contributed by atoms with Crippen LogP contribution in [0.2, 0.25) is 0 Å². The quantitative estimate of drug-likeness (QED) is 0.714. The van der Waals surface area contributed by atoms with Gasteiger partial charge >= 0.3 is 0 Å². The van der Waals surface area contributed by atoms with E-state index >= 15 is 0 Å². The van der Waals surface area contributed by atoms with Crippen molar-refractivity contribution in [1.82, 2.24) is 15.1 Å². The van der Waals surface area contributed by atoms with Crippen molar-refractivity contribution in [2.75, 3.05) is 11.9 Å². The molecule has 0 bridgehead atoms. The van der Waals surface area contributed by atoms with Gasteiger partial charge in [-0.1, -0.05) is 6.42 Å². The topological polar surface area (TPSA) is 85.0 Å². The Morgan fingerprint density at radius 2 is 2.25 bits per heavy atom. The molecule has 1 aromatic rings. The summed E-state index contributed by atoms with van der Waals surface area (Å²) >= 11 is 0. The van der Waals surface area contributed by atoms with Gasteiger partial charge in [-0.05, 0) is 38.1 Å². The molecule has 0 spiro atoms. The zero-order chi connectivity index (χ0) is 13.9. The summed E-state index contributed by atoms with van der Waals surface area (Å²) in [5.74, 6) is 0.597. The summed E-state index contributed by atoms with van der Waals surface area (Å²) in [5, 5.41) is 10.7. The SMILES string of the molecule is NCC1CCCC1Nc1cnn(CC(=O)NC2CC2)c1. The molecule has 6 heteroatoms. The van der Waals surface area contributed by atoms with Crippen LogP contribution in [0.25, 0.3) is 0 Å². The van der Waals surface area contributed by atoms with Crippen LogP contribution in [0.4, 0.5) is 5.69 Å². The normalized spacial score (nSPS) is 25.6. The van der Waals surface area contributed by atoms with Crippen LogP contribution in [0.5, 0.6) is 0 Å². The Bertz CT molecular complexity index is 468. The van der Waals surface area contributed by atoms with Gasteiger partial charge < -0.3 is 16.4 Å². The molecule has 1 amide bonds. The van der Waals surface area contributed by atoms with E-state index in [2.05, 4.69) is 15.7 Å². The van der Waals surface area contributed by atoms with Crippen LogP contribution < -0.4 is 16.4 Å². The Balaban J connectivity index is 1.52. The maximum atomic E-state index is 11.7. The molecule has 3 rings (SSSR count). The van der Waals surface area contributed by atoms with Gasteiger partial charge in [0.2, 0.25) is 5.91 Å². The van der Waals surface area contributed by atoms with Crippen molar-refractivity contribution in [3.05, 3.63) is 12.4 Å². The number of aromatic nitrogens is 2. The minimum atomic E-state index is 0.0443. The average molecular weight is 277 g/mol. The minimum absolute atomic E-state index is 0.0443. The van der Waals surface area contributed by atoms with Gasteiger partial charge in [-0.25, -0.2) is 0 Å². The van der Waals surface area contributed by atoms with Crippen molar-refractivity contribution in [1.29, 1.82) is 0 Å². The molecule has 20 heavy (non-hydrogen) atoms. The molecule has 2 aliphatic rings. The number of carbonyl (C=O) groups excluding carboxylic acids is 1. The van der Waals surface area contributed by atoms with Gasteiger partial charge in [-0.2, -0.15) is 5.10 Å². The van der Waals surface area contributed by atoms with Crippen LogP contribution in [-0.2, 0) is 11.3 Å². The summed E-state index contributed by atoms with van der Waals surface area (Å²) in [7, 11) is 0. The lowest BCUT2D eigenvalue weighted by molar-refractivity contribution is -0.122. The largest absolute Gasteiger partial charge is 0.379 e. The molecule has 1 heterocycles.